The van der Waals surface area contributed by atoms with Crippen LogP contribution in [0.3, 0.4) is 0 Å². The van der Waals surface area contributed by atoms with E-state index in [0.717, 1.165) is 5.75 Å². The van der Waals surface area contributed by atoms with E-state index in [9.17, 15) is 14.9 Å². The number of benzene rings is 2. The first-order valence-electron chi connectivity index (χ1n) is 7.80. The number of nitriles is 1. The smallest absolute Gasteiger partial charge is 0.266 e. The Kier molecular flexibility index (Phi) is 6.08. The number of ether oxygens (including phenoxy) is 1. The molecular weight excluding hydrogens is 316 g/mol. The molecule has 0 aromatic heterocycles. The maximum atomic E-state index is 12.3. The molecule has 2 aromatic rings. The summed E-state index contributed by atoms with van der Waals surface area (Å²) in [6, 6.07) is 15.6. The van der Waals surface area contributed by atoms with Gasteiger partial charge in [0.2, 0.25) is 0 Å². The summed E-state index contributed by atoms with van der Waals surface area (Å²) >= 11 is 0. The highest BCUT2D eigenvalue weighted by Crippen LogP contribution is 2.16. The summed E-state index contributed by atoms with van der Waals surface area (Å²) in [6.07, 6.45) is 1.50. The van der Waals surface area contributed by atoms with Crippen LogP contribution in [0.15, 0.2) is 54.1 Å². The van der Waals surface area contributed by atoms with Crippen molar-refractivity contribution in [1.82, 2.24) is 0 Å². The van der Waals surface area contributed by atoms with Crippen molar-refractivity contribution in [2.24, 2.45) is 0 Å². The molecule has 2 aromatic carbocycles. The Balaban J connectivity index is 2.16. The van der Waals surface area contributed by atoms with Crippen LogP contribution in [0.1, 0.15) is 29.8 Å². The van der Waals surface area contributed by atoms with Gasteiger partial charge in [-0.3, -0.25) is 9.59 Å². The number of ketones is 1. The fourth-order valence-corrected chi connectivity index (χ4v) is 2.16. The minimum Gasteiger partial charge on any atom is -0.494 e. The molecular formula is C20H18N2O3. The molecule has 0 heterocycles. The minimum absolute atomic E-state index is 0.0302. The number of amides is 1. The van der Waals surface area contributed by atoms with Gasteiger partial charge in [0, 0.05) is 11.3 Å². The number of nitrogens with one attached hydrogen (secondary N) is 1. The molecule has 0 saturated carbocycles. The molecule has 1 N–H and O–H groups in total. The van der Waals surface area contributed by atoms with Crippen LogP contribution in [0, 0.1) is 11.3 Å². The summed E-state index contributed by atoms with van der Waals surface area (Å²) in [5.41, 5.74) is 1.64. The van der Waals surface area contributed by atoms with Crippen LogP contribution in [0.25, 0.3) is 6.08 Å². The van der Waals surface area contributed by atoms with Crippen LogP contribution >= 0.6 is 0 Å². The molecule has 0 radical (unpaired) electrons. The van der Waals surface area contributed by atoms with Crippen LogP contribution in [0.2, 0.25) is 0 Å². The average Bonchev–Trinajstić information content (AvgIpc) is 2.61. The molecule has 0 atom stereocenters. The van der Waals surface area contributed by atoms with Crippen LogP contribution in [0.4, 0.5) is 5.69 Å². The van der Waals surface area contributed by atoms with E-state index in [4.69, 9.17) is 4.74 Å². The maximum Gasteiger partial charge on any atom is 0.266 e. The van der Waals surface area contributed by atoms with Gasteiger partial charge in [-0.05, 0) is 49.8 Å². The number of nitrogens with zero attached hydrogens (tertiary/aromatic N) is 1. The largest absolute Gasteiger partial charge is 0.494 e. The number of carbonyl (C=O) groups is 2. The van der Waals surface area contributed by atoms with Crippen molar-refractivity contribution < 1.29 is 14.3 Å². The zero-order valence-corrected chi connectivity index (χ0v) is 14.1. The lowest BCUT2D eigenvalue weighted by atomic mass is 10.1. The van der Waals surface area contributed by atoms with Gasteiger partial charge < -0.3 is 10.1 Å². The molecule has 2 rings (SSSR count). The van der Waals surface area contributed by atoms with E-state index in [0.29, 0.717) is 23.4 Å². The summed E-state index contributed by atoms with van der Waals surface area (Å²) in [7, 11) is 0. The number of carbonyl (C=O) groups excluding carboxylic acids is 2. The molecule has 0 aliphatic carbocycles. The number of hydrogen-bond acceptors (Lipinski definition) is 4. The van der Waals surface area contributed by atoms with E-state index >= 15 is 0 Å². The molecule has 0 fully saturated rings. The zero-order valence-electron chi connectivity index (χ0n) is 14.1. The van der Waals surface area contributed by atoms with E-state index < -0.39 is 5.91 Å². The van der Waals surface area contributed by atoms with Gasteiger partial charge in [0.05, 0.1) is 6.61 Å². The van der Waals surface area contributed by atoms with Crippen molar-refractivity contribution >= 4 is 23.5 Å². The molecule has 0 aliphatic heterocycles. The number of anilines is 1. The van der Waals surface area contributed by atoms with E-state index in [1.165, 1.54) is 13.0 Å². The third kappa shape index (κ3) is 5.05. The Morgan fingerprint density at radius 2 is 1.92 bits per heavy atom. The Morgan fingerprint density at radius 1 is 1.20 bits per heavy atom. The highest BCUT2D eigenvalue weighted by Gasteiger charge is 2.10. The fourth-order valence-electron chi connectivity index (χ4n) is 2.16. The second-order valence-electron chi connectivity index (χ2n) is 5.26. The molecule has 5 heteroatoms. The van der Waals surface area contributed by atoms with Gasteiger partial charge in [-0.2, -0.15) is 5.26 Å². The lowest BCUT2D eigenvalue weighted by Gasteiger charge is -2.06. The monoisotopic (exact) mass is 334 g/mol. The fraction of sp³-hybridized carbons (Fsp3) is 0.150. The Labute approximate surface area is 146 Å². The third-order valence-corrected chi connectivity index (χ3v) is 3.39. The summed E-state index contributed by atoms with van der Waals surface area (Å²) in [6.45, 7) is 3.92. The van der Waals surface area contributed by atoms with Gasteiger partial charge in [0.1, 0.15) is 17.4 Å². The van der Waals surface area contributed by atoms with Gasteiger partial charge in [-0.1, -0.05) is 24.3 Å². The molecule has 0 bridgehead atoms. The van der Waals surface area contributed by atoms with Gasteiger partial charge >= 0.3 is 0 Å². The predicted molar refractivity (Wildman–Crippen MR) is 96.3 cm³/mol. The average molecular weight is 334 g/mol. The quantitative estimate of drug-likeness (QED) is 0.494. The van der Waals surface area contributed by atoms with Gasteiger partial charge in [-0.15, -0.1) is 0 Å². The first kappa shape index (κ1) is 18.0. The number of Topliss-reactive ketones (excluding diaryl/α,β-unsaturated/α-hetero) is 1. The summed E-state index contributed by atoms with van der Waals surface area (Å²) in [5.74, 6) is 0.0993. The van der Waals surface area contributed by atoms with Crippen molar-refractivity contribution in [3.63, 3.8) is 0 Å². The SMILES string of the molecule is CCOc1ccc(/C=C(\C#N)C(=O)Nc2cccc(C(C)=O)c2)cc1. The number of rotatable bonds is 6. The summed E-state index contributed by atoms with van der Waals surface area (Å²) in [5, 5.41) is 11.9. The van der Waals surface area contributed by atoms with E-state index in [1.54, 1.807) is 48.5 Å². The minimum atomic E-state index is -0.530. The molecule has 0 spiro atoms. The third-order valence-electron chi connectivity index (χ3n) is 3.39. The van der Waals surface area contributed by atoms with Crippen molar-refractivity contribution in [2.45, 2.75) is 13.8 Å². The maximum absolute atomic E-state index is 12.3. The van der Waals surface area contributed by atoms with E-state index in [1.807, 2.05) is 13.0 Å². The van der Waals surface area contributed by atoms with Crippen LogP contribution < -0.4 is 10.1 Å². The lowest BCUT2D eigenvalue weighted by molar-refractivity contribution is -0.112. The molecule has 1 amide bonds. The normalized spacial score (nSPS) is 10.7. The molecule has 0 saturated heterocycles. The highest BCUT2D eigenvalue weighted by molar-refractivity contribution is 6.10. The van der Waals surface area contributed by atoms with E-state index in [-0.39, 0.29) is 11.4 Å². The topological polar surface area (TPSA) is 79.2 Å². The summed E-state index contributed by atoms with van der Waals surface area (Å²) in [4.78, 5) is 23.7. The van der Waals surface area contributed by atoms with Crippen molar-refractivity contribution in [1.29, 1.82) is 5.26 Å². The lowest BCUT2D eigenvalue weighted by Crippen LogP contribution is -2.13. The van der Waals surface area contributed by atoms with Crippen molar-refractivity contribution in [3.8, 4) is 11.8 Å². The van der Waals surface area contributed by atoms with Crippen molar-refractivity contribution in [2.75, 3.05) is 11.9 Å². The van der Waals surface area contributed by atoms with Crippen LogP contribution in [0.5, 0.6) is 5.75 Å². The predicted octanol–water partition coefficient (Wildman–Crippen LogP) is 3.83. The number of hydrogen-bond donors (Lipinski definition) is 1. The van der Waals surface area contributed by atoms with Gasteiger partial charge in [0.15, 0.2) is 5.78 Å². The molecule has 25 heavy (non-hydrogen) atoms. The van der Waals surface area contributed by atoms with Crippen molar-refractivity contribution in [3.05, 3.63) is 65.2 Å². The van der Waals surface area contributed by atoms with Crippen LogP contribution in [-0.4, -0.2) is 18.3 Å². The van der Waals surface area contributed by atoms with Crippen LogP contribution in [-0.2, 0) is 4.79 Å². The van der Waals surface area contributed by atoms with Gasteiger partial charge in [0.25, 0.3) is 5.91 Å². The molecule has 126 valence electrons. The standard InChI is InChI=1S/C20H18N2O3/c1-3-25-19-9-7-15(8-10-19)11-17(13-21)20(24)22-18-6-4-5-16(12-18)14(2)23/h4-12H,3H2,1-2H3,(H,22,24)/b17-11+. The Hall–Kier alpha value is -3.39. The Morgan fingerprint density at radius 3 is 2.52 bits per heavy atom. The van der Waals surface area contributed by atoms with E-state index in [2.05, 4.69) is 5.32 Å². The molecule has 0 unspecified atom stereocenters. The highest BCUT2D eigenvalue weighted by atomic mass is 16.5. The molecule has 5 nitrogen and oxygen atoms in total. The zero-order chi connectivity index (χ0) is 18.2. The first-order chi connectivity index (χ1) is 12.0. The summed E-state index contributed by atoms with van der Waals surface area (Å²) < 4.78 is 5.36. The van der Waals surface area contributed by atoms with Gasteiger partial charge in [-0.25, -0.2) is 0 Å². The second-order valence-corrected chi connectivity index (χ2v) is 5.26. The first-order valence-corrected chi connectivity index (χ1v) is 7.80. The second kappa shape index (κ2) is 8.46. The Bertz CT molecular complexity index is 846. The molecule has 0 aliphatic rings.